The first kappa shape index (κ1) is 31.1. The van der Waals surface area contributed by atoms with Crippen LogP contribution < -0.4 is 15.0 Å². The summed E-state index contributed by atoms with van der Waals surface area (Å²) >= 11 is 6.90. The summed E-state index contributed by atoms with van der Waals surface area (Å²) in [5.41, 5.74) is 3.74. The van der Waals surface area contributed by atoms with Gasteiger partial charge in [-0.05, 0) is 72.5 Å². The summed E-state index contributed by atoms with van der Waals surface area (Å²) in [7, 11) is 1.63. The van der Waals surface area contributed by atoms with Gasteiger partial charge in [-0.25, -0.2) is 4.98 Å². The molecule has 0 atom stereocenters. The molecular formula is C33H28Br2N4O5. The van der Waals surface area contributed by atoms with Crippen LogP contribution in [-0.2, 0) is 6.61 Å². The lowest BCUT2D eigenvalue weighted by molar-refractivity contribution is -0.385. The molecule has 0 amide bonds. The lowest BCUT2D eigenvalue weighted by Crippen LogP contribution is -2.20. The molecule has 5 aromatic rings. The van der Waals surface area contributed by atoms with Crippen molar-refractivity contribution in [3.63, 3.8) is 0 Å². The molecule has 1 aromatic heterocycles. The zero-order valence-corrected chi connectivity index (χ0v) is 27.5. The minimum atomic E-state index is -0.507. The molecule has 0 fully saturated rings. The maximum absolute atomic E-state index is 13.7. The zero-order valence-electron chi connectivity index (χ0n) is 24.4. The smallest absolute Gasteiger partial charge is 0.311 e. The van der Waals surface area contributed by atoms with Crippen molar-refractivity contribution >= 4 is 54.7 Å². The summed E-state index contributed by atoms with van der Waals surface area (Å²) in [4.78, 5) is 30.0. The first-order valence-corrected chi connectivity index (χ1v) is 15.3. The molecule has 9 nitrogen and oxygen atoms in total. The van der Waals surface area contributed by atoms with Gasteiger partial charge in [0.25, 0.3) is 5.56 Å². The second-order valence-corrected chi connectivity index (χ2v) is 12.2. The minimum Gasteiger partial charge on any atom is -0.496 e. The monoisotopic (exact) mass is 718 g/mol. The van der Waals surface area contributed by atoms with E-state index in [1.165, 1.54) is 23.0 Å². The molecule has 0 aliphatic rings. The maximum Gasteiger partial charge on any atom is 0.311 e. The van der Waals surface area contributed by atoms with Crippen molar-refractivity contribution in [3.05, 3.63) is 124 Å². The number of para-hydroxylation sites is 1. The molecule has 0 radical (unpaired) electrons. The summed E-state index contributed by atoms with van der Waals surface area (Å²) in [6, 6.07) is 21.1. The van der Waals surface area contributed by atoms with Crippen LogP contribution in [0.4, 0.5) is 5.69 Å². The Morgan fingerprint density at radius 2 is 1.82 bits per heavy atom. The number of methoxy groups -OCH3 is 1. The van der Waals surface area contributed by atoms with Gasteiger partial charge in [-0.3, -0.25) is 14.9 Å². The van der Waals surface area contributed by atoms with E-state index in [-0.39, 0.29) is 29.5 Å². The number of aromatic nitrogens is 2. The first-order chi connectivity index (χ1) is 21.1. The lowest BCUT2D eigenvalue weighted by atomic mass is 9.96. The van der Waals surface area contributed by atoms with Crippen LogP contribution >= 0.6 is 31.9 Å². The van der Waals surface area contributed by atoms with Crippen molar-refractivity contribution in [1.29, 1.82) is 0 Å². The third-order valence-corrected chi connectivity index (χ3v) is 8.33. The van der Waals surface area contributed by atoms with Gasteiger partial charge >= 0.3 is 5.69 Å². The standard InChI is InChI=1S/C33H28Br2N4O5/c1-19(2)25-16-26(20(3)13-31(25)43-4)32-37-28-8-6-5-7-24(28)33(40)38(32)36-17-21-9-12-30(29(14-21)39(41)42)44-18-22-10-11-23(34)15-27(22)35/h5-17,19H,18H2,1-4H3. The highest BCUT2D eigenvalue weighted by Crippen LogP contribution is 2.34. The Labute approximate surface area is 270 Å². The van der Waals surface area contributed by atoms with Gasteiger partial charge < -0.3 is 9.47 Å². The minimum absolute atomic E-state index is 0.113. The van der Waals surface area contributed by atoms with Gasteiger partial charge in [0, 0.05) is 31.7 Å². The molecule has 4 aromatic carbocycles. The normalized spacial score (nSPS) is 11.4. The molecule has 0 N–H and O–H groups in total. The quantitative estimate of drug-likeness (QED) is 0.0860. The third kappa shape index (κ3) is 6.44. The summed E-state index contributed by atoms with van der Waals surface area (Å²) in [6.45, 7) is 6.18. The topological polar surface area (TPSA) is 109 Å². The number of hydrogen-bond donors (Lipinski definition) is 0. The predicted octanol–water partition coefficient (Wildman–Crippen LogP) is 8.40. The molecule has 0 aliphatic heterocycles. The highest BCUT2D eigenvalue weighted by atomic mass is 79.9. The number of hydrogen-bond acceptors (Lipinski definition) is 7. The van der Waals surface area contributed by atoms with Crippen molar-refractivity contribution in [2.45, 2.75) is 33.3 Å². The molecule has 0 unspecified atom stereocenters. The van der Waals surface area contributed by atoms with E-state index in [0.29, 0.717) is 22.3 Å². The number of nitrogens with zero attached hydrogens (tertiary/aromatic N) is 4. The van der Waals surface area contributed by atoms with E-state index in [0.717, 1.165) is 36.9 Å². The van der Waals surface area contributed by atoms with Gasteiger partial charge in [0.1, 0.15) is 12.4 Å². The maximum atomic E-state index is 13.7. The van der Waals surface area contributed by atoms with Gasteiger partial charge in [0.15, 0.2) is 11.6 Å². The highest BCUT2D eigenvalue weighted by Gasteiger charge is 2.19. The van der Waals surface area contributed by atoms with E-state index in [4.69, 9.17) is 14.5 Å². The van der Waals surface area contributed by atoms with Crippen LogP contribution in [0.15, 0.2) is 91.6 Å². The van der Waals surface area contributed by atoms with Crippen molar-refractivity contribution in [2.24, 2.45) is 5.10 Å². The Hall–Kier alpha value is -4.35. The number of nitro groups is 1. The highest BCUT2D eigenvalue weighted by molar-refractivity contribution is 9.11. The van der Waals surface area contributed by atoms with E-state index < -0.39 is 4.92 Å². The van der Waals surface area contributed by atoms with Crippen LogP contribution in [0, 0.1) is 17.0 Å². The van der Waals surface area contributed by atoms with E-state index in [2.05, 4.69) is 50.8 Å². The second-order valence-electron chi connectivity index (χ2n) is 10.4. The van der Waals surface area contributed by atoms with E-state index in [9.17, 15) is 14.9 Å². The van der Waals surface area contributed by atoms with Gasteiger partial charge in [0.05, 0.1) is 29.2 Å². The fourth-order valence-electron chi connectivity index (χ4n) is 4.77. The third-order valence-electron chi connectivity index (χ3n) is 7.09. The Bertz CT molecular complexity index is 1990. The Balaban J connectivity index is 1.57. The van der Waals surface area contributed by atoms with Crippen molar-refractivity contribution in [3.8, 4) is 22.9 Å². The van der Waals surface area contributed by atoms with E-state index >= 15 is 0 Å². The van der Waals surface area contributed by atoms with Crippen LogP contribution in [0.3, 0.4) is 0 Å². The van der Waals surface area contributed by atoms with Crippen LogP contribution in [-0.4, -0.2) is 27.9 Å². The van der Waals surface area contributed by atoms with Gasteiger partial charge in [-0.1, -0.05) is 63.9 Å². The molecular weight excluding hydrogens is 692 g/mol. The zero-order chi connectivity index (χ0) is 31.5. The molecule has 224 valence electrons. The molecule has 0 aliphatic carbocycles. The molecule has 1 heterocycles. The Kier molecular flexibility index (Phi) is 9.26. The molecule has 0 spiro atoms. The van der Waals surface area contributed by atoms with Gasteiger partial charge in [-0.15, -0.1) is 0 Å². The number of halogens is 2. The number of ether oxygens (including phenoxy) is 2. The Morgan fingerprint density at radius 3 is 2.52 bits per heavy atom. The average Bonchev–Trinajstić information content (AvgIpc) is 3.00. The fraction of sp³-hybridized carbons (Fsp3) is 0.182. The average molecular weight is 720 g/mol. The molecule has 11 heteroatoms. The molecule has 44 heavy (non-hydrogen) atoms. The molecule has 0 saturated carbocycles. The van der Waals surface area contributed by atoms with Crippen molar-refractivity contribution < 1.29 is 14.4 Å². The Morgan fingerprint density at radius 1 is 1.05 bits per heavy atom. The lowest BCUT2D eigenvalue weighted by Gasteiger charge is -2.17. The predicted molar refractivity (Wildman–Crippen MR) is 179 cm³/mol. The first-order valence-electron chi connectivity index (χ1n) is 13.7. The van der Waals surface area contributed by atoms with Crippen LogP contribution in [0.5, 0.6) is 11.5 Å². The van der Waals surface area contributed by atoms with E-state index in [1.54, 1.807) is 31.4 Å². The largest absolute Gasteiger partial charge is 0.496 e. The summed E-state index contributed by atoms with van der Waals surface area (Å²) in [6.07, 6.45) is 1.41. The van der Waals surface area contributed by atoms with Crippen LogP contribution in [0.1, 0.15) is 42.0 Å². The van der Waals surface area contributed by atoms with E-state index in [1.807, 2.05) is 43.3 Å². The van der Waals surface area contributed by atoms with Gasteiger partial charge in [0.2, 0.25) is 0 Å². The van der Waals surface area contributed by atoms with Crippen LogP contribution in [0.25, 0.3) is 22.3 Å². The number of aryl methyl sites for hydroxylation is 1. The summed E-state index contributed by atoms with van der Waals surface area (Å²) in [5, 5.41) is 16.9. The fourth-order valence-corrected chi connectivity index (χ4v) is 5.93. The summed E-state index contributed by atoms with van der Waals surface area (Å²) < 4.78 is 14.4. The second kappa shape index (κ2) is 13.1. The summed E-state index contributed by atoms with van der Waals surface area (Å²) in [5.74, 6) is 1.37. The SMILES string of the molecule is COc1cc(C)c(-c2nc3ccccc3c(=O)n2N=Cc2ccc(OCc3ccc(Br)cc3Br)c([N+](=O)[O-])c2)cc1C(C)C. The van der Waals surface area contributed by atoms with Crippen molar-refractivity contribution in [1.82, 2.24) is 9.66 Å². The number of benzene rings is 4. The van der Waals surface area contributed by atoms with Gasteiger partial charge in [-0.2, -0.15) is 9.78 Å². The molecule has 0 saturated heterocycles. The van der Waals surface area contributed by atoms with Crippen LogP contribution in [0.2, 0.25) is 0 Å². The number of fused-ring (bicyclic) bond motifs is 1. The van der Waals surface area contributed by atoms with Crippen molar-refractivity contribution in [2.75, 3.05) is 7.11 Å². The number of rotatable bonds is 9. The molecule has 0 bridgehead atoms. The number of nitro benzene ring substituents is 1. The molecule has 5 rings (SSSR count).